The van der Waals surface area contributed by atoms with E-state index in [1.54, 1.807) is 24.3 Å². The number of hydrogen-bond donors (Lipinski definition) is 0. The van der Waals surface area contributed by atoms with Crippen LogP contribution in [0.2, 0.25) is 0 Å². The van der Waals surface area contributed by atoms with Crippen molar-refractivity contribution in [1.82, 2.24) is 0 Å². The van der Waals surface area contributed by atoms with E-state index in [0.717, 1.165) is 46.6 Å². The maximum Gasteiger partial charge on any atom is 0.343 e. The first-order valence-electron chi connectivity index (χ1n) is 13.1. The van der Waals surface area contributed by atoms with E-state index in [4.69, 9.17) is 9.47 Å². The topological polar surface area (TPSA) is 52.6 Å². The molecule has 0 atom stereocenters. The van der Waals surface area contributed by atoms with Gasteiger partial charge in [-0.25, -0.2) is 4.79 Å². The van der Waals surface area contributed by atoms with Crippen LogP contribution in [-0.2, 0) is 0 Å². The van der Waals surface area contributed by atoms with Gasteiger partial charge in [0.1, 0.15) is 17.1 Å². The molecule has 0 bridgehead atoms. The van der Waals surface area contributed by atoms with E-state index in [2.05, 4.69) is 20.8 Å². The van der Waals surface area contributed by atoms with Crippen LogP contribution in [0.15, 0.2) is 72.8 Å². The molecular weight excluding hydrogens is 460 g/mol. The van der Waals surface area contributed by atoms with E-state index in [9.17, 15) is 9.59 Å². The second-order valence-corrected chi connectivity index (χ2v) is 10.5. The van der Waals surface area contributed by atoms with Crippen molar-refractivity contribution >= 4 is 33.3 Å². The molecule has 4 heteroatoms. The summed E-state index contributed by atoms with van der Waals surface area (Å²) in [6.07, 6.45) is 2.48. The van der Waals surface area contributed by atoms with E-state index in [1.165, 1.54) is 0 Å². The van der Waals surface area contributed by atoms with Gasteiger partial charge in [-0.15, -0.1) is 0 Å². The SMILES string of the molecule is CCC(C)(CC)Oc1c2ccccc2c(OC(=O)c2ccc(C(=O)C(C)(C)CC)cc2)c2ccccc12. The Morgan fingerprint density at radius 2 is 1.05 bits per heavy atom. The first-order valence-corrected chi connectivity index (χ1v) is 13.1. The Labute approximate surface area is 219 Å². The van der Waals surface area contributed by atoms with Crippen molar-refractivity contribution in [2.24, 2.45) is 5.41 Å². The predicted octanol–water partition coefficient (Wildman–Crippen LogP) is 8.79. The van der Waals surface area contributed by atoms with Gasteiger partial charge in [0.15, 0.2) is 5.78 Å². The summed E-state index contributed by atoms with van der Waals surface area (Å²) in [5.74, 6) is 0.905. The zero-order valence-corrected chi connectivity index (χ0v) is 22.7. The highest BCUT2D eigenvalue weighted by Crippen LogP contribution is 2.44. The molecule has 0 N–H and O–H groups in total. The summed E-state index contributed by atoms with van der Waals surface area (Å²) in [4.78, 5) is 26.1. The molecule has 0 aliphatic heterocycles. The zero-order chi connectivity index (χ0) is 26.8. The summed E-state index contributed by atoms with van der Waals surface area (Å²) >= 11 is 0. The van der Waals surface area contributed by atoms with Gasteiger partial charge in [-0.3, -0.25) is 4.79 Å². The molecule has 4 aromatic carbocycles. The van der Waals surface area contributed by atoms with E-state index >= 15 is 0 Å². The number of Topliss-reactive ketones (excluding diaryl/α,β-unsaturated/α-hetero) is 1. The second-order valence-electron chi connectivity index (χ2n) is 10.5. The van der Waals surface area contributed by atoms with Crippen LogP contribution < -0.4 is 9.47 Å². The Morgan fingerprint density at radius 1 is 0.622 bits per heavy atom. The first kappa shape index (κ1) is 26.4. The Bertz CT molecular complexity index is 1390. The van der Waals surface area contributed by atoms with Crippen molar-refractivity contribution in [2.75, 3.05) is 0 Å². The fraction of sp³-hybridized carbons (Fsp3) is 0.333. The summed E-state index contributed by atoms with van der Waals surface area (Å²) in [7, 11) is 0. The Balaban J connectivity index is 1.77. The summed E-state index contributed by atoms with van der Waals surface area (Å²) in [6.45, 7) is 12.3. The molecule has 0 spiro atoms. The van der Waals surface area contributed by atoms with Gasteiger partial charge in [-0.05, 0) is 38.3 Å². The number of fused-ring (bicyclic) bond motifs is 2. The number of benzene rings is 4. The van der Waals surface area contributed by atoms with Crippen LogP contribution in [0.3, 0.4) is 0 Å². The van der Waals surface area contributed by atoms with Crippen molar-refractivity contribution in [3.05, 3.63) is 83.9 Å². The molecule has 4 rings (SSSR count). The van der Waals surface area contributed by atoms with E-state index < -0.39 is 11.4 Å². The molecular formula is C33H36O4. The lowest BCUT2D eigenvalue weighted by molar-refractivity contribution is 0.0736. The molecule has 0 aliphatic rings. The minimum atomic E-state index is -0.468. The van der Waals surface area contributed by atoms with Gasteiger partial charge >= 0.3 is 5.97 Å². The molecule has 37 heavy (non-hydrogen) atoms. The predicted molar refractivity (Wildman–Crippen MR) is 151 cm³/mol. The van der Waals surface area contributed by atoms with Crippen molar-refractivity contribution in [2.45, 2.75) is 66.4 Å². The summed E-state index contributed by atoms with van der Waals surface area (Å²) in [5, 5.41) is 3.44. The standard InChI is InChI=1S/C33H36O4/c1-7-32(4,5)30(34)22-18-20-23(21-19-22)31(35)36-28-24-14-10-12-16-26(24)29(37-33(6,8-2)9-3)27-17-13-11-15-25(27)28/h10-21H,7-9H2,1-6H3. The number of rotatable bonds is 9. The third-order valence-corrected chi connectivity index (χ3v) is 7.75. The van der Waals surface area contributed by atoms with Gasteiger partial charge in [-0.1, -0.05) is 95.3 Å². The largest absolute Gasteiger partial charge is 0.486 e. The molecule has 0 unspecified atom stereocenters. The number of carbonyl (C=O) groups excluding carboxylic acids is 2. The number of esters is 1. The fourth-order valence-electron chi connectivity index (χ4n) is 4.37. The van der Waals surface area contributed by atoms with Crippen LogP contribution in [0.25, 0.3) is 21.5 Å². The Morgan fingerprint density at radius 3 is 1.49 bits per heavy atom. The van der Waals surface area contributed by atoms with Crippen molar-refractivity contribution < 1.29 is 19.1 Å². The maximum absolute atomic E-state index is 13.3. The molecule has 0 heterocycles. The van der Waals surface area contributed by atoms with Gasteiger partial charge < -0.3 is 9.47 Å². The van der Waals surface area contributed by atoms with Gasteiger partial charge in [0.25, 0.3) is 0 Å². The monoisotopic (exact) mass is 496 g/mol. The molecule has 0 aliphatic carbocycles. The Kier molecular flexibility index (Phi) is 7.40. The molecule has 0 aromatic heterocycles. The highest BCUT2D eigenvalue weighted by Gasteiger charge is 2.28. The second kappa shape index (κ2) is 10.4. The molecule has 4 nitrogen and oxygen atoms in total. The summed E-state index contributed by atoms with van der Waals surface area (Å²) < 4.78 is 12.7. The average Bonchev–Trinajstić information content (AvgIpc) is 2.94. The summed E-state index contributed by atoms with van der Waals surface area (Å²) in [5.41, 5.74) is 0.226. The van der Waals surface area contributed by atoms with E-state index in [0.29, 0.717) is 16.9 Å². The van der Waals surface area contributed by atoms with Crippen molar-refractivity contribution in [3.8, 4) is 11.5 Å². The number of ether oxygens (including phenoxy) is 2. The van der Waals surface area contributed by atoms with Gasteiger partial charge in [0.05, 0.1) is 5.56 Å². The molecule has 192 valence electrons. The average molecular weight is 497 g/mol. The zero-order valence-electron chi connectivity index (χ0n) is 22.7. The van der Waals surface area contributed by atoms with Gasteiger partial charge in [-0.2, -0.15) is 0 Å². The smallest absolute Gasteiger partial charge is 0.343 e. The van der Waals surface area contributed by atoms with Crippen LogP contribution >= 0.6 is 0 Å². The highest BCUT2D eigenvalue weighted by atomic mass is 16.5. The first-order chi connectivity index (χ1) is 17.6. The lowest BCUT2D eigenvalue weighted by Gasteiger charge is -2.30. The quantitative estimate of drug-likeness (QED) is 0.101. The van der Waals surface area contributed by atoms with Gasteiger partial charge in [0.2, 0.25) is 0 Å². The van der Waals surface area contributed by atoms with E-state index in [1.807, 2.05) is 69.3 Å². The van der Waals surface area contributed by atoms with Crippen LogP contribution in [0.4, 0.5) is 0 Å². The Hall–Kier alpha value is -3.66. The van der Waals surface area contributed by atoms with E-state index in [-0.39, 0.29) is 11.4 Å². The van der Waals surface area contributed by atoms with Crippen molar-refractivity contribution in [1.29, 1.82) is 0 Å². The number of carbonyl (C=O) groups is 2. The molecule has 0 saturated heterocycles. The van der Waals surface area contributed by atoms with Crippen LogP contribution in [0, 0.1) is 5.41 Å². The molecule has 0 fully saturated rings. The molecule has 0 amide bonds. The van der Waals surface area contributed by atoms with Crippen LogP contribution in [0.1, 0.15) is 81.5 Å². The third-order valence-electron chi connectivity index (χ3n) is 7.75. The third kappa shape index (κ3) is 5.11. The normalized spacial score (nSPS) is 12.1. The lowest BCUT2D eigenvalue weighted by Crippen LogP contribution is -2.30. The van der Waals surface area contributed by atoms with Crippen LogP contribution in [-0.4, -0.2) is 17.4 Å². The van der Waals surface area contributed by atoms with Crippen LogP contribution in [0.5, 0.6) is 11.5 Å². The molecule has 4 aromatic rings. The lowest BCUT2D eigenvalue weighted by atomic mass is 9.82. The maximum atomic E-state index is 13.3. The number of hydrogen-bond acceptors (Lipinski definition) is 4. The minimum Gasteiger partial charge on any atom is -0.486 e. The molecule has 0 radical (unpaired) electrons. The minimum absolute atomic E-state index is 0.0636. The van der Waals surface area contributed by atoms with Gasteiger partial charge in [0, 0.05) is 32.5 Å². The summed E-state index contributed by atoms with van der Waals surface area (Å²) in [6, 6.07) is 22.5. The highest BCUT2D eigenvalue weighted by molar-refractivity contribution is 6.12. The fourth-order valence-corrected chi connectivity index (χ4v) is 4.37. The number of ketones is 1. The molecule has 0 saturated carbocycles. The van der Waals surface area contributed by atoms with Crippen molar-refractivity contribution in [3.63, 3.8) is 0 Å².